The highest BCUT2D eigenvalue weighted by Crippen LogP contribution is 2.29. The van der Waals surface area contributed by atoms with Gasteiger partial charge in [-0.2, -0.15) is 0 Å². The number of hydrogen-bond donors (Lipinski definition) is 1. The van der Waals surface area contributed by atoms with Gasteiger partial charge in [-0.3, -0.25) is 0 Å². The van der Waals surface area contributed by atoms with E-state index in [4.69, 9.17) is 0 Å². The number of rotatable bonds is 5. The van der Waals surface area contributed by atoms with E-state index in [1.54, 1.807) is 6.07 Å². The predicted molar refractivity (Wildman–Crippen MR) is 87.8 cm³/mol. The maximum atomic E-state index is 13.5. The van der Waals surface area contributed by atoms with Crippen LogP contribution in [0, 0.1) is 19.7 Å². The van der Waals surface area contributed by atoms with Gasteiger partial charge >= 0.3 is 0 Å². The number of nitrogens with zero attached hydrogens (tertiary/aromatic N) is 1. The molecule has 112 valence electrons. The van der Waals surface area contributed by atoms with E-state index in [0.717, 1.165) is 23.5 Å². The van der Waals surface area contributed by atoms with Crippen LogP contribution >= 0.6 is 0 Å². The normalized spacial score (nSPS) is 10.7. The molecule has 2 aromatic rings. The molecule has 0 aromatic heterocycles. The maximum absolute atomic E-state index is 13.5. The lowest BCUT2D eigenvalue weighted by atomic mass is 10.1. The summed E-state index contributed by atoms with van der Waals surface area (Å²) in [6.07, 6.45) is 0. The second kappa shape index (κ2) is 6.72. The zero-order chi connectivity index (χ0) is 15.4. The van der Waals surface area contributed by atoms with E-state index in [9.17, 15) is 4.39 Å². The molecular weight excluding hydrogens is 263 g/mol. The van der Waals surface area contributed by atoms with Crippen LogP contribution in [0.1, 0.15) is 23.6 Å². The summed E-state index contributed by atoms with van der Waals surface area (Å²) < 4.78 is 13.5. The Morgan fingerprint density at radius 3 is 2.33 bits per heavy atom. The number of hydrogen-bond acceptors (Lipinski definition) is 2. The SMILES string of the molecule is CCNCc1cc(F)ccc1N(C)c1cc(C)cc(C)c1. The van der Waals surface area contributed by atoms with E-state index in [2.05, 4.69) is 42.3 Å². The fourth-order valence-corrected chi connectivity index (χ4v) is 2.57. The van der Waals surface area contributed by atoms with Gasteiger partial charge in [-0.05, 0) is 67.4 Å². The summed E-state index contributed by atoms with van der Waals surface area (Å²) >= 11 is 0. The van der Waals surface area contributed by atoms with Crippen LogP contribution in [0.5, 0.6) is 0 Å². The lowest BCUT2D eigenvalue weighted by molar-refractivity contribution is 0.622. The lowest BCUT2D eigenvalue weighted by Crippen LogP contribution is -2.17. The van der Waals surface area contributed by atoms with Gasteiger partial charge in [0.2, 0.25) is 0 Å². The molecule has 0 aliphatic carbocycles. The second-order valence-corrected chi connectivity index (χ2v) is 5.46. The van der Waals surface area contributed by atoms with Gasteiger partial charge in [-0.25, -0.2) is 4.39 Å². The number of aryl methyl sites for hydroxylation is 2. The molecule has 0 spiro atoms. The lowest BCUT2D eigenvalue weighted by Gasteiger charge is -2.24. The quantitative estimate of drug-likeness (QED) is 0.880. The molecule has 0 amide bonds. The summed E-state index contributed by atoms with van der Waals surface area (Å²) in [7, 11) is 2.02. The van der Waals surface area contributed by atoms with Crippen LogP contribution in [0.15, 0.2) is 36.4 Å². The molecule has 0 fully saturated rings. The third kappa shape index (κ3) is 3.82. The number of benzene rings is 2. The van der Waals surface area contributed by atoms with Gasteiger partial charge in [0.25, 0.3) is 0 Å². The Labute approximate surface area is 126 Å². The summed E-state index contributed by atoms with van der Waals surface area (Å²) in [6.45, 7) is 7.76. The summed E-state index contributed by atoms with van der Waals surface area (Å²) in [5.74, 6) is -0.194. The van der Waals surface area contributed by atoms with Crippen LogP contribution in [0.2, 0.25) is 0 Å². The average Bonchev–Trinajstić information content (AvgIpc) is 2.43. The fourth-order valence-electron chi connectivity index (χ4n) is 2.57. The van der Waals surface area contributed by atoms with Crippen molar-refractivity contribution >= 4 is 11.4 Å². The van der Waals surface area contributed by atoms with Gasteiger partial charge in [0.05, 0.1) is 0 Å². The Morgan fingerprint density at radius 2 is 1.71 bits per heavy atom. The largest absolute Gasteiger partial charge is 0.344 e. The van der Waals surface area contributed by atoms with E-state index in [-0.39, 0.29) is 5.82 Å². The van der Waals surface area contributed by atoms with Crippen molar-refractivity contribution in [3.63, 3.8) is 0 Å². The van der Waals surface area contributed by atoms with Crippen molar-refractivity contribution in [2.45, 2.75) is 27.3 Å². The Balaban J connectivity index is 2.39. The minimum absolute atomic E-state index is 0.194. The summed E-state index contributed by atoms with van der Waals surface area (Å²) in [5.41, 5.74) is 5.58. The first-order valence-corrected chi connectivity index (χ1v) is 7.32. The average molecular weight is 286 g/mol. The number of halogens is 1. The molecule has 2 nitrogen and oxygen atoms in total. The molecular formula is C18H23FN2. The van der Waals surface area contributed by atoms with Crippen LogP contribution in [0.4, 0.5) is 15.8 Å². The topological polar surface area (TPSA) is 15.3 Å². The van der Waals surface area contributed by atoms with E-state index in [1.807, 2.05) is 20.0 Å². The molecule has 0 aliphatic heterocycles. The zero-order valence-corrected chi connectivity index (χ0v) is 13.2. The second-order valence-electron chi connectivity index (χ2n) is 5.46. The third-order valence-corrected chi connectivity index (χ3v) is 3.56. The molecule has 0 atom stereocenters. The minimum Gasteiger partial charge on any atom is -0.344 e. The molecule has 0 radical (unpaired) electrons. The van der Waals surface area contributed by atoms with E-state index in [0.29, 0.717) is 6.54 Å². The molecule has 1 N–H and O–H groups in total. The molecule has 0 bridgehead atoms. The third-order valence-electron chi connectivity index (χ3n) is 3.56. The standard InChI is InChI=1S/C18H23FN2/c1-5-20-12-15-11-16(19)6-7-18(15)21(4)17-9-13(2)8-14(3)10-17/h6-11,20H,5,12H2,1-4H3. The maximum Gasteiger partial charge on any atom is 0.123 e. The van der Waals surface area contributed by atoms with Crippen molar-refractivity contribution in [3.8, 4) is 0 Å². The highest BCUT2D eigenvalue weighted by Gasteiger charge is 2.11. The van der Waals surface area contributed by atoms with E-state index >= 15 is 0 Å². The molecule has 0 unspecified atom stereocenters. The monoisotopic (exact) mass is 286 g/mol. The number of nitrogens with one attached hydrogen (secondary N) is 1. The summed E-state index contributed by atoms with van der Waals surface area (Å²) in [4.78, 5) is 2.12. The predicted octanol–water partition coefficient (Wildman–Crippen LogP) is 4.32. The smallest absolute Gasteiger partial charge is 0.123 e. The first-order valence-electron chi connectivity index (χ1n) is 7.32. The van der Waals surface area contributed by atoms with Crippen LogP contribution in [0.3, 0.4) is 0 Å². The van der Waals surface area contributed by atoms with Crippen molar-refractivity contribution in [1.82, 2.24) is 5.32 Å². The minimum atomic E-state index is -0.194. The van der Waals surface area contributed by atoms with Gasteiger partial charge in [0.15, 0.2) is 0 Å². The molecule has 3 heteroatoms. The number of anilines is 2. The molecule has 0 saturated heterocycles. The van der Waals surface area contributed by atoms with Crippen molar-refractivity contribution in [3.05, 3.63) is 58.9 Å². The molecule has 2 aromatic carbocycles. The highest BCUT2D eigenvalue weighted by atomic mass is 19.1. The zero-order valence-electron chi connectivity index (χ0n) is 13.2. The Hall–Kier alpha value is -1.87. The first-order chi connectivity index (χ1) is 10.0. The van der Waals surface area contributed by atoms with Crippen molar-refractivity contribution in [2.24, 2.45) is 0 Å². The van der Waals surface area contributed by atoms with Crippen molar-refractivity contribution < 1.29 is 4.39 Å². The Morgan fingerprint density at radius 1 is 1.05 bits per heavy atom. The van der Waals surface area contributed by atoms with Crippen LogP contribution in [-0.2, 0) is 6.54 Å². The van der Waals surface area contributed by atoms with Crippen molar-refractivity contribution in [2.75, 3.05) is 18.5 Å². The first kappa shape index (κ1) is 15.5. The molecule has 21 heavy (non-hydrogen) atoms. The molecule has 0 heterocycles. The van der Waals surface area contributed by atoms with Gasteiger partial charge in [0, 0.05) is 25.0 Å². The van der Waals surface area contributed by atoms with Gasteiger partial charge in [-0.1, -0.05) is 13.0 Å². The van der Waals surface area contributed by atoms with Gasteiger partial charge in [0.1, 0.15) is 5.82 Å². The Kier molecular flexibility index (Phi) is 4.97. The van der Waals surface area contributed by atoms with Crippen LogP contribution in [0.25, 0.3) is 0 Å². The van der Waals surface area contributed by atoms with Gasteiger partial charge < -0.3 is 10.2 Å². The Bertz CT molecular complexity index is 602. The summed E-state index contributed by atoms with van der Waals surface area (Å²) in [6, 6.07) is 11.4. The summed E-state index contributed by atoms with van der Waals surface area (Å²) in [5, 5.41) is 3.27. The molecule has 2 rings (SSSR count). The van der Waals surface area contributed by atoms with Crippen LogP contribution < -0.4 is 10.2 Å². The van der Waals surface area contributed by atoms with E-state index in [1.165, 1.54) is 17.2 Å². The van der Waals surface area contributed by atoms with E-state index < -0.39 is 0 Å². The van der Waals surface area contributed by atoms with Gasteiger partial charge in [-0.15, -0.1) is 0 Å². The van der Waals surface area contributed by atoms with Crippen LogP contribution in [-0.4, -0.2) is 13.6 Å². The van der Waals surface area contributed by atoms with Crippen molar-refractivity contribution in [1.29, 1.82) is 0 Å². The fraction of sp³-hybridized carbons (Fsp3) is 0.333. The highest BCUT2D eigenvalue weighted by molar-refractivity contribution is 5.67. The molecule has 0 aliphatic rings. The molecule has 0 saturated carbocycles.